The van der Waals surface area contributed by atoms with E-state index in [9.17, 15) is 13.2 Å². The van der Waals surface area contributed by atoms with Gasteiger partial charge in [0, 0.05) is 16.2 Å². The summed E-state index contributed by atoms with van der Waals surface area (Å²) < 4.78 is 44.3. The number of aromatic nitrogens is 2. The Morgan fingerprint density at radius 2 is 1.47 bits per heavy atom. The van der Waals surface area contributed by atoms with E-state index in [-0.39, 0.29) is 0 Å². The number of nitrogens with one attached hydrogen (secondary N) is 1. The summed E-state index contributed by atoms with van der Waals surface area (Å²) in [6.07, 6.45) is -3.20. The molecule has 0 aliphatic heterocycles. The molecule has 1 heterocycles. The molecule has 176 valence electrons. The van der Waals surface area contributed by atoms with Gasteiger partial charge in [-0.2, -0.15) is 13.2 Å². The second kappa shape index (κ2) is 11.4. The summed E-state index contributed by atoms with van der Waals surface area (Å²) in [5, 5.41) is 7.12. The number of carboxylic acids is 1. The second-order valence-corrected chi connectivity index (χ2v) is 7.63. The fourth-order valence-electron chi connectivity index (χ4n) is 2.58. The fraction of sp³-hybridized carbons (Fsp3) is 0.0833. The zero-order valence-electron chi connectivity index (χ0n) is 17.4. The molecule has 0 unspecified atom stereocenters. The Morgan fingerprint density at radius 1 is 0.912 bits per heavy atom. The van der Waals surface area contributed by atoms with Crippen molar-refractivity contribution in [3.8, 4) is 28.5 Å². The maximum atomic E-state index is 10.6. The number of nitrogens with zero attached hydrogens (tertiary/aromatic N) is 1. The molecule has 4 aromatic rings. The molecule has 3 aromatic carbocycles. The molecule has 10 heteroatoms. The molecule has 0 radical (unpaired) electrons. The topological polar surface area (TPSA) is 84.4 Å². The van der Waals surface area contributed by atoms with E-state index in [1.165, 1.54) is 0 Å². The summed E-state index contributed by atoms with van der Waals surface area (Å²) >= 11 is 3.42. The molecule has 0 aliphatic carbocycles. The Morgan fingerprint density at radius 3 is 2.03 bits per heavy atom. The molecule has 6 nitrogen and oxygen atoms in total. The van der Waals surface area contributed by atoms with E-state index < -0.39 is 12.1 Å². The number of ether oxygens (including phenoxy) is 2. The summed E-state index contributed by atoms with van der Waals surface area (Å²) in [6, 6.07) is 25.3. The first-order valence-corrected chi connectivity index (χ1v) is 10.6. The van der Waals surface area contributed by atoms with E-state index in [1.807, 2.05) is 85.1 Å². The minimum atomic E-state index is -5.08. The minimum Gasteiger partial charge on any atom is -0.486 e. The minimum absolute atomic E-state index is 0.398. The van der Waals surface area contributed by atoms with Gasteiger partial charge in [0.05, 0.1) is 5.69 Å². The van der Waals surface area contributed by atoms with Gasteiger partial charge < -0.3 is 19.6 Å². The number of imidazole rings is 1. The molecule has 34 heavy (non-hydrogen) atoms. The summed E-state index contributed by atoms with van der Waals surface area (Å²) in [4.78, 5) is 16.7. The number of aliphatic carboxylic acids is 1. The summed E-state index contributed by atoms with van der Waals surface area (Å²) in [5.74, 6) is 0.428. The van der Waals surface area contributed by atoms with Crippen molar-refractivity contribution in [3.63, 3.8) is 0 Å². The van der Waals surface area contributed by atoms with Gasteiger partial charge in [-0.15, -0.1) is 0 Å². The van der Waals surface area contributed by atoms with Crippen LogP contribution >= 0.6 is 15.9 Å². The molecule has 2 N–H and O–H groups in total. The van der Waals surface area contributed by atoms with Gasteiger partial charge in [0.15, 0.2) is 0 Å². The normalized spacial score (nSPS) is 10.7. The lowest BCUT2D eigenvalue weighted by atomic mass is 10.1. The Hall–Kier alpha value is -3.79. The zero-order chi connectivity index (χ0) is 24.6. The largest absolute Gasteiger partial charge is 0.490 e. The van der Waals surface area contributed by atoms with Crippen LogP contribution in [-0.2, 0) is 11.4 Å². The lowest BCUT2D eigenvalue weighted by molar-refractivity contribution is -0.192. The Labute approximate surface area is 201 Å². The zero-order valence-corrected chi connectivity index (χ0v) is 19.0. The van der Waals surface area contributed by atoms with E-state index in [4.69, 9.17) is 19.4 Å². The fourth-order valence-corrected chi connectivity index (χ4v) is 2.85. The number of alkyl halides is 3. The van der Waals surface area contributed by atoms with Crippen molar-refractivity contribution in [2.45, 2.75) is 12.8 Å². The van der Waals surface area contributed by atoms with Crippen LogP contribution in [-0.4, -0.2) is 27.2 Å². The van der Waals surface area contributed by atoms with Gasteiger partial charge in [0.2, 0.25) is 0 Å². The Bertz CT molecular complexity index is 1200. The first-order chi connectivity index (χ1) is 16.2. The second-order valence-electron chi connectivity index (χ2n) is 6.72. The van der Waals surface area contributed by atoms with Crippen molar-refractivity contribution in [1.29, 1.82) is 0 Å². The van der Waals surface area contributed by atoms with E-state index in [0.29, 0.717) is 6.61 Å². The quantitative estimate of drug-likeness (QED) is 0.282. The number of hydrogen-bond acceptors (Lipinski definition) is 4. The summed E-state index contributed by atoms with van der Waals surface area (Å²) in [6.45, 7) is 0.398. The van der Waals surface area contributed by atoms with E-state index in [2.05, 4.69) is 25.9 Å². The van der Waals surface area contributed by atoms with Crippen LogP contribution in [0.15, 0.2) is 89.5 Å². The molecule has 0 atom stereocenters. The number of H-pyrrole nitrogens is 1. The van der Waals surface area contributed by atoms with Gasteiger partial charge in [-0.05, 0) is 60.7 Å². The highest BCUT2D eigenvalue weighted by Gasteiger charge is 2.38. The molecule has 0 bridgehead atoms. The number of benzene rings is 3. The number of carbonyl (C=O) groups is 1. The predicted molar refractivity (Wildman–Crippen MR) is 123 cm³/mol. The first-order valence-electron chi connectivity index (χ1n) is 9.77. The highest BCUT2D eigenvalue weighted by atomic mass is 79.9. The smallest absolute Gasteiger partial charge is 0.486 e. The molecule has 1 aromatic heterocycles. The van der Waals surface area contributed by atoms with Crippen LogP contribution in [0.4, 0.5) is 13.2 Å². The molecule has 4 rings (SSSR count). The Kier molecular flexibility index (Phi) is 8.31. The number of aromatic amines is 1. The van der Waals surface area contributed by atoms with Crippen molar-refractivity contribution in [2.75, 3.05) is 0 Å². The van der Waals surface area contributed by atoms with Crippen LogP contribution in [0.5, 0.6) is 17.2 Å². The van der Waals surface area contributed by atoms with Gasteiger partial charge in [-0.1, -0.05) is 34.1 Å². The lowest BCUT2D eigenvalue weighted by Crippen LogP contribution is -2.21. The van der Waals surface area contributed by atoms with Crippen LogP contribution in [0, 0.1) is 0 Å². The first kappa shape index (κ1) is 24.8. The SMILES string of the molecule is Brc1ccc(Oc2ccc(-c3c[nH]c(COc4ccccc4)n3)cc2)cc1.O=C(O)C(F)(F)F. The maximum absolute atomic E-state index is 10.6. The third-order valence-electron chi connectivity index (χ3n) is 4.19. The highest BCUT2D eigenvalue weighted by Crippen LogP contribution is 2.26. The van der Waals surface area contributed by atoms with Crippen molar-refractivity contribution in [1.82, 2.24) is 9.97 Å². The molecule has 0 saturated carbocycles. The number of hydrogen-bond donors (Lipinski definition) is 2. The summed E-state index contributed by atoms with van der Waals surface area (Å²) in [5.41, 5.74) is 1.89. The monoisotopic (exact) mass is 534 g/mol. The third kappa shape index (κ3) is 7.66. The van der Waals surface area contributed by atoms with Gasteiger partial charge >= 0.3 is 12.1 Å². The number of rotatable bonds is 6. The van der Waals surface area contributed by atoms with Crippen LogP contribution in [0.25, 0.3) is 11.3 Å². The molecule has 0 saturated heterocycles. The number of para-hydroxylation sites is 1. The molecule has 0 amide bonds. The van der Waals surface area contributed by atoms with Crippen molar-refractivity contribution in [3.05, 3.63) is 95.4 Å². The summed E-state index contributed by atoms with van der Waals surface area (Å²) in [7, 11) is 0. The third-order valence-corrected chi connectivity index (χ3v) is 4.72. The van der Waals surface area contributed by atoms with Crippen LogP contribution < -0.4 is 9.47 Å². The van der Waals surface area contributed by atoms with E-state index >= 15 is 0 Å². The number of carboxylic acid groups (broad SMARTS) is 1. The molecular formula is C24H18BrF3N2O4. The molecule has 0 spiro atoms. The predicted octanol–water partition coefficient (Wildman–Crippen LogP) is 6.84. The van der Waals surface area contributed by atoms with Crippen LogP contribution in [0.2, 0.25) is 0 Å². The number of halogens is 4. The average molecular weight is 535 g/mol. The Balaban J connectivity index is 0.000000406. The van der Waals surface area contributed by atoms with Crippen molar-refractivity contribution < 1.29 is 32.5 Å². The van der Waals surface area contributed by atoms with Crippen LogP contribution in [0.1, 0.15) is 5.82 Å². The van der Waals surface area contributed by atoms with Crippen molar-refractivity contribution >= 4 is 21.9 Å². The van der Waals surface area contributed by atoms with Crippen LogP contribution in [0.3, 0.4) is 0 Å². The van der Waals surface area contributed by atoms with Gasteiger partial charge in [0.1, 0.15) is 29.7 Å². The van der Waals surface area contributed by atoms with E-state index in [1.54, 1.807) is 0 Å². The van der Waals surface area contributed by atoms with Gasteiger partial charge in [0.25, 0.3) is 0 Å². The molecular weight excluding hydrogens is 517 g/mol. The molecule has 0 fully saturated rings. The lowest BCUT2D eigenvalue weighted by Gasteiger charge is -2.06. The average Bonchev–Trinajstić information content (AvgIpc) is 3.29. The highest BCUT2D eigenvalue weighted by molar-refractivity contribution is 9.10. The standard InChI is InChI=1S/C22H17BrN2O2.C2HF3O2/c23-17-8-12-20(13-9-17)27-19-10-6-16(7-11-19)21-14-24-22(25-21)15-26-18-4-2-1-3-5-18;3-2(4,5)1(6)7/h1-14H,15H2,(H,24,25);(H,6,7). The van der Waals surface area contributed by atoms with Gasteiger partial charge in [-0.3, -0.25) is 0 Å². The maximum Gasteiger partial charge on any atom is 0.490 e. The van der Waals surface area contributed by atoms with Gasteiger partial charge in [-0.25, -0.2) is 9.78 Å². The molecule has 0 aliphatic rings. The van der Waals surface area contributed by atoms with E-state index in [0.717, 1.165) is 38.8 Å². The van der Waals surface area contributed by atoms with Crippen molar-refractivity contribution in [2.24, 2.45) is 0 Å².